The summed E-state index contributed by atoms with van der Waals surface area (Å²) in [6.45, 7) is 4.55. The normalized spacial score (nSPS) is 19.4. The number of likely N-dealkylation sites (tertiary alicyclic amines) is 1. The molecule has 3 rings (SSSR count). The minimum Gasteiger partial charge on any atom is -0.351 e. The summed E-state index contributed by atoms with van der Waals surface area (Å²) >= 11 is 0. The number of rotatable bonds is 6. The number of anilines is 1. The second kappa shape index (κ2) is 7.51. The molecule has 2 fully saturated rings. The molecule has 1 aromatic rings. The lowest BCUT2D eigenvalue weighted by Crippen LogP contribution is -2.46. The van der Waals surface area contributed by atoms with Gasteiger partial charge in [0.05, 0.1) is 0 Å². The van der Waals surface area contributed by atoms with Crippen molar-refractivity contribution in [3.8, 4) is 0 Å². The first-order valence-corrected chi connectivity index (χ1v) is 8.70. The van der Waals surface area contributed by atoms with Crippen molar-refractivity contribution in [2.75, 3.05) is 18.4 Å². The zero-order valence-corrected chi connectivity index (χ0v) is 14.2. The molecular weight excluding hydrogens is 318 g/mol. The number of hydrogen-bond acceptors (Lipinski definition) is 3. The molecule has 1 unspecified atom stereocenters. The number of nitrogens with one attached hydrogen (secondary N) is 2. The fraction of sp³-hybridized carbons (Fsp3) is 0.421. The highest BCUT2D eigenvalue weighted by molar-refractivity contribution is 5.99. The van der Waals surface area contributed by atoms with Crippen LogP contribution in [0.25, 0.3) is 0 Å². The molecular formula is C19H23N3O3. The van der Waals surface area contributed by atoms with Crippen molar-refractivity contribution < 1.29 is 14.4 Å². The predicted molar refractivity (Wildman–Crippen MR) is 95.1 cm³/mol. The lowest BCUT2D eigenvalue weighted by atomic mass is 10.1. The van der Waals surface area contributed by atoms with Gasteiger partial charge in [0.2, 0.25) is 11.8 Å². The minimum absolute atomic E-state index is 0.0394. The van der Waals surface area contributed by atoms with E-state index in [1.54, 1.807) is 35.2 Å². The van der Waals surface area contributed by atoms with Crippen LogP contribution in [0.5, 0.6) is 0 Å². The van der Waals surface area contributed by atoms with Crippen molar-refractivity contribution in [3.63, 3.8) is 0 Å². The molecule has 1 aromatic carbocycles. The summed E-state index contributed by atoms with van der Waals surface area (Å²) in [4.78, 5) is 38.3. The molecule has 132 valence electrons. The molecule has 1 heterocycles. The number of nitrogens with zero attached hydrogens (tertiary/aromatic N) is 1. The Morgan fingerprint density at radius 2 is 1.84 bits per heavy atom. The molecule has 1 saturated heterocycles. The van der Waals surface area contributed by atoms with E-state index in [-0.39, 0.29) is 23.6 Å². The average molecular weight is 341 g/mol. The van der Waals surface area contributed by atoms with Crippen molar-refractivity contribution in [2.24, 2.45) is 5.92 Å². The van der Waals surface area contributed by atoms with Crippen LogP contribution >= 0.6 is 0 Å². The molecule has 3 amide bonds. The SMILES string of the molecule is C=CCNC(=O)C1CCCN1C(=O)c1ccc(NC(=O)C2CC2)cc1. The summed E-state index contributed by atoms with van der Waals surface area (Å²) in [6, 6.07) is 6.43. The summed E-state index contributed by atoms with van der Waals surface area (Å²) in [6.07, 6.45) is 5.00. The monoisotopic (exact) mass is 341 g/mol. The standard InChI is InChI=1S/C19H23N3O3/c1-2-11-20-18(24)16-4-3-12-22(16)19(25)14-7-9-15(10-8-14)21-17(23)13-5-6-13/h2,7-10,13,16H,1,3-6,11-12H2,(H,20,24)(H,21,23). The Hall–Kier alpha value is -2.63. The topological polar surface area (TPSA) is 78.5 Å². The molecule has 0 bridgehead atoms. The summed E-state index contributed by atoms with van der Waals surface area (Å²) in [5, 5.41) is 5.61. The third kappa shape index (κ3) is 4.07. The number of benzene rings is 1. The molecule has 0 spiro atoms. The van der Waals surface area contributed by atoms with Crippen molar-refractivity contribution >= 4 is 23.4 Å². The van der Waals surface area contributed by atoms with Crippen molar-refractivity contribution in [1.82, 2.24) is 10.2 Å². The molecule has 1 saturated carbocycles. The molecule has 1 atom stereocenters. The number of hydrogen-bond donors (Lipinski definition) is 2. The molecule has 0 aromatic heterocycles. The van der Waals surface area contributed by atoms with Gasteiger partial charge >= 0.3 is 0 Å². The molecule has 1 aliphatic carbocycles. The predicted octanol–water partition coefficient (Wildman–Crippen LogP) is 1.94. The van der Waals surface area contributed by atoms with Gasteiger partial charge in [-0.25, -0.2) is 0 Å². The highest BCUT2D eigenvalue weighted by Gasteiger charge is 2.34. The largest absolute Gasteiger partial charge is 0.351 e. The Kier molecular flexibility index (Phi) is 5.16. The summed E-state index contributed by atoms with van der Waals surface area (Å²) in [7, 11) is 0. The van der Waals surface area contributed by atoms with Crippen molar-refractivity contribution in [1.29, 1.82) is 0 Å². The summed E-state index contributed by atoms with van der Waals surface area (Å²) in [5.74, 6) is -0.117. The number of carbonyl (C=O) groups is 3. The first-order chi connectivity index (χ1) is 12.1. The lowest BCUT2D eigenvalue weighted by Gasteiger charge is -2.24. The van der Waals surface area contributed by atoms with E-state index in [2.05, 4.69) is 17.2 Å². The van der Waals surface area contributed by atoms with Crippen LogP contribution in [0.3, 0.4) is 0 Å². The van der Waals surface area contributed by atoms with E-state index in [0.717, 1.165) is 19.3 Å². The molecule has 6 heteroatoms. The zero-order chi connectivity index (χ0) is 17.8. The molecule has 2 N–H and O–H groups in total. The Bertz CT molecular complexity index is 680. The van der Waals surface area contributed by atoms with E-state index in [0.29, 0.717) is 30.8 Å². The Morgan fingerprint density at radius 3 is 2.48 bits per heavy atom. The second-order valence-electron chi connectivity index (χ2n) is 6.53. The van der Waals surface area contributed by atoms with Crippen LogP contribution < -0.4 is 10.6 Å². The maximum absolute atomic E-state index is 12.7. The van der Waals surface area contributed by atoms with Gasteiger partial charge in [0, 0.05) is 30.3 Å². The fourth-order valence-electron chi connectivity index (χ4n) is 3.02. The number of amides is 3. The van der Waals surface area contributed by atoms with E-state index >= 15 is 0 Å². The maximum atomic E-state index is 12.7. The first kappa shape index (κ1) is 17.2. The van der Waals surface area contributed by atoms with Crippen molar-refractivity contribution in [2.45, 2.75) is 31.7 Å². The minimum atomic E-state index is -0.429. The molecule has 1 aliphatic heterocycles. The lowest BCUT2D eigenvalue weighted by molar-refractivity contribution is -0.124. The van der Waals surface area contributed by atoms with Gasteiger partial charge in [-0.05, 0) is 49.9 Å². The molecule has 2 aliphatic rings. The highest BCUT2D eigenvalue weighted by atomic mass is 16.2. The van der Waals surface area contributed by atoms with E-state index in [1.807, 2.05) is 0 Å². The van der Waals surface area contributed by atoms with Gasteiger partial charge in [0.1, 0.15) is 6.04 Å². The quantitative estimate of drug-likeness (QED) is 0.776. The Morgan fingerprint density at radius 1 is 1.12 bits per heavy atom. The van der Waals surface area contributed by atoms with Gasteiger partial charge in [0.25, 0.3) is 5.91 Å². The average Bonchev–Trinajstić information content (AvgIpc) is 3.36. The van der Waals surface area contributed by atoms with E-state index < -0.39 is 6.04 Å². The van der Waals surface area contributed by atoms with Gasteiger partial charge in [0.15, 0.2) is 0 Å². The maximum Gasteiger partial charge on any atom is 0.254 e. The third-order valence-corrected chi connectivity index (χ3v) is 4.58. The van der Waals surface area contributed by atoms with Gasteiger partial charge in [-0.2, -0.15) is 0 Å². The molecule has 25 heavy (non-hydrogen) atoms. The summed E-state index contributed by atoms with van der Waals surface area (Å²) in [5.41, 5.74) is 1.21. The van der Waals surface area contributed by atoms with Gasteiger partial charge in [-0.15, -0.1) is 6.58 Å². The first-order valence-electron chi connectivity index (χ1n) is 8.70. The number of carbonyl (C=O) groups excluding carboxylic acids is 3. The third-order valence-electron chi connectivity index (χ3n) is 4.58. The molecule has 0 radical (unpaired) electrons. The second-order valence-corrected chi connectivity index (χ2v) is 6.53. The zero-order valence-electron chi connectivity index (χ0n) is 14.2. The smallest absolute Gasteiger partial charge is 0.254 e. The highest BCUT2D eigenvalue weighted by Crippen LogP contribution is 2.30. The van der Waals surface area contributed by atoms with Crippen LogP contribution in [-0.4, -0.2) is 41.8 Å². The fourth-order valence-corrected chi connectivity index (χ4v) is 3.02. The van der Waals surface area contributed by atoms with Gasteiger partial charge in [-0.3, -0.25) is 14.4 Å². The summed E-state index contributed by atoms with van der Waals surface area (Å²) < 4.78 is 0. The Labute approximate surface area is 147 Å². The van der Waals surface area contributed by atoms with Crippen LogP contribution in [0.2, 0.25) is 0 Å². The van der Waals surface area contributed by atoms with Crippen LogP contribution in [-0.2, 0) is 9.59 Å². The van der Waals surface area contributed by atoms with Crippen LogP contribution in [0.4, 0.5) is 5.69 Å². The van der Waals surface area contributed by atoms with Gasteiger partial charge in [-0.1, -0.05) is 6.08 Å². The van der Waals surface area contributed by atoms with E-state index in [4.69, 9.17) is 0 Å². The Balaban J connectivity index is 1.63. The van der Waals surface area contributed by atoms with Gasteiger partial charge < -0.3 is 15.5 Å². The van der Waals surface area contributed by atoms with Crippen LogP contribution in [0.1, 0.15) is 36.0 Å². The molecule has 6 nitrogen and oxygen atoms in total. The van der Waals surface area contributed by atoms with E-state index in [9.17, 15) is 14.4 Å². The van der Waals surface area contributed by atoms with Crippen LogP contribution in [0, 0.1) is 5.92 Å². The van der Waals surface area contributed by atoms with E-state index in [1.165, 1.54) is 0 Å². The van der Waals surface area contributed by atoms with Crippen LogP contribution in [0.15, 0.2) is 36.9 Å². The van der Waals surface area contributed by atoms with Crippen molar-refractivity contribution in [3.05, 3.63) is 42.5 Å².